The number of para-hydroxylation sites is 1. The summed E-state index contributed by atoms with van der Waals surface area (Å²) in [5.74, 6) is 0.924. The maximum absolute atomic E-state index is 12.5. The van der Waals surface area contributed by atoms with E-state index in [0.29, 0.717) is 6.04 Å². The molecule has 1 aromatic heterocycles. The van der Waals surface area contributed by atoms with Gasteiger partial charge in [0, 0.05) is 11.7 Å². The molecular weight excluding hydrogens is 308 g/mol. The van der Waals surface area contributed by atoms with Gasteiger partial charge in [0.25, 0.3) is 0 Å². The molecule has 0 radical (unpaired) electrons. The lowest BCUT2D eigenvalue weighted by atomic mass is 10.1. The molecule has 1 heterocycles. The van der Waals surface area contributed by atoms with Gasteiger partial charge in [-0.25, -0.2) is 0 Å². The maximum atomic E-state index is 12.5. The van der Waals surface area contributed by atoms with Crippen molar-refractivity contribution in [1.29, 1.82) is 0 Å². The third-order valence-electron chi connectivity index (χ3n) is 4.13. The molecule has 1 aliphatic carbocycles. The fraction of sp³-hybridized carbons (Fsp3) is 0.471. The van der Waals surface area contributed by atoms with Crippen molar-refractivity contribution in [3.63, 3.8) is 0 Å². The summed E-state index contributed by atoms with van der Waals surface area (Å²) < 4.78 is 2.16. The van der Waals surface area contributed by atoms with Crippen molar-refractivity contribution in [3.8, 4) is 0 Å². The first-order chi connectivity index (χ1) is 11.0. The van der Waals surface area contributed by atoms with Gasteiger partial charge in [-0.3, -0.25) is 4.79 Å². The van der Waals surface area contributed by atoms with Gasteiger partial charge in [-0.1, -0.05) is 30.0 Å². The molecule has 0 bridgehead atoms. The minimum Gasteiger partial charge on any atom is -0.325 e. The molecule has 1 atom stereocenters. The Morgan fingerprint density at radius 2 is 1.91 bits per heavy atom. The Hall–Kier alpha value is -1.82. The zero-order chi connectivity index (χ0) is 16.6. The number of hydrogen-bond donors (Lipinski definition) is 1. The van der Waals surface area contributed by atoms with Crippen molar-refractivity contribution in [2.24, 2.45) is 0 Å². The fourth-order valence-corrected chi connectivity index (χ4v) is 3.60. The van der Waals surface area contributed by atoms with Crippen LogP contribution in [-0.4, -0.2) is 25.9 Å². The quantitative estimate of drug-likeness (QED) is 0.850. The SMILES string of the molecule is Cc1cccc(C)c1NC(=O)[C@@H](C)Sc1nnc(C)n1C1CC1. The van der Waals surface area contributed by atoms with E-state index in [0.717, 1.165) is 27.8 Å². The average molecular weight is 330 g/mol. The summed E-state index contributed by atoms with van der Waals surface area (Å²) in [6.45, 7) is 7.90. The van der Waals surface area contributed by atoms with Gasteiger partial charge in [-0.15, -0.1) is 10.2 Å². The van der Waals surface area contributed by atoms with E-state index < -0.39 is 0 Å². The molecule has 1 fully saturated rings. The summed E-state index contributed by atoms with van der Waals surface area (Å²) in [6.07, 6.45) is 2.35. The highest BCUT2D eigenvalue weighted by Crippen LogP contribution is 2.39. The van der Waals surface area contributed by atoms with Gasteiger partial charge in [-0.2, -0.15) is 0 Å². The van der Waals surface area contributed by atoms with Crippen LogP contribution in [0.5, 0.6) is 0 Å². The summed E-state index contributed by atoms with van der Waals surface area (Å²) in [4.78, 5) is 12.5. The first-order valence-electron chi connectivity index (χ1n) is 7.92. The lowest BCUT2D eigenvalue weighted by molar-refractivity contribution is -0.115. The van der Waals surface area contributed by atoms with Crippen LogP contribution in [0.2, 0.25) is 0 Å². The fourth-order valence-electron chi connectivity index (χ4n) is 2.63. The monoisotopic (exact) mass is 330 g/mol. The van der Waals surface area contributed by atoms with Gasteiger partial charge in [-0.05, 0) is 51.7 Å². The summed E-state index contributed by atoms with van der Waals surface area (Å²) >= 11 is 1.48. The standard InChI is InChI=1S/C17H22N4OS/c1-10-6-5-7-11(2)15(10)18-16(22)12(3)23-17-20-19-13(4)21(17)14-8-9-14/h5-7,12,14H,8-9H2,1-4H3,(H,18,22)/t12-/m1/s1. The average Bonchev–Trinajstić information content (AvgIpc) is 3.27. The molecule has 0 saturated heterocycles. The van der Waals surface area contributed by atoms with Crippen molar-refractivity contribution in [2.75, 3.05) is 5.32 Å². The zero-order valence-electron chi connectivity index (χ0n) is 14.0. The van der Waals surface area contributed by atoms with E-state index in [1.54, 1.807) is 0 Å². The second-order valence-corrected chi connectivity index (χ2v) is 7.46. The van der Waals surface area contributed by atoms with Crippen LogP contribution in [0, 0.1) is 20.8 Å². The molecule has 1 N–H and O–H groups in total. The van der Waals surface area contributed by atoms with Gasteiger partial charge in [0.1, 0.15) is 5.82 Å². The van der Waals surface area contributed by atoms with Crippen molar-refractivity contribution >= 4 is 23.4 Å². The van der Waals surface area contributed by atoms with E-state index in [4.69, 9.17) is 0 Å². The molecule has 0 aliphatic heterocycles. The molecule has 122 valence electrons. The predicted octanol–water partition coefficient (Wildman–Crippen LogP) is 3.66. The number of aromatic nitrogens is 3. The number of amides is 1. The minimum atomic E-state index is -0.227. The summed E-state index contributed by atoms with van der Waals surface area (Å²) in [5, 5.41) is 12.1. The Morgan fingerprint density at radius 3 is 2.52 bits per heavy atom. The lowest BCUT2D eigenvalue weighted by Gasteiger charge is -2.15. The van der Waals surface area contributed by atoms with Gasteiger partial charge in [0.05, 0.1) is 5.25 Å². The lowest BCUT2D eigenvalue weighted by Crippen LogP contribution is -2.24. The molecule has 6 heteroatoms. The molecule has 1 amide bonds. The molecule has 23 heavy (non-hydrogen) atoms. The molecule has 1 aliphatic rings. The van der Waals surface area contributed by atoms with E-state index in [1.807, 2.05) is 45.9 Å². The van der Waals surface area contributed by atoms with E-state index >= 15 is 0 Å². The molecule has 3 rings (SSSR count). The van der Waals surface area contributed by atoms with Gasteiger partial charge in [0.15, 0.2) is 5.16 Å². The van der Waals surface area contributed by atoms with Crippen LogP contribution >= 0.6 is 11.8 Å². The first kappa shape index (κ1) is 16.1. The van der Waals surface area contributed by atoms with Gasteiger partial charge in [0.2, 0.25) is 5.91 Å². The Bertz CT molecular complexity index is 716. The van der Waals surface area contributed by atoms with E-state index in [1.165, 1.54) is 24.6 Å². The first-order valence-corrected chi connectivity index (χ1v) is 8.80. The maximum Gasteiger partial charge on any atom is 0.237 e. The van der Waals surface area contributed by atoms with Crippen LogP contribution in [0.15, 0.2) is 23.4 Å². The zero-order valence-corrected chi connectivity index (χ0v) is 14.8. The number of carbonyl (C=O) groups excluding carboxylic acids is 1. The summed E-state index contributed by atoms with van der Waals surface area (Å²) in [7, 11) is 0. The van der Waals surface area contributed by atoms with E-state index in [-0.39, 0.29) is 11.2 Å². The normalized spacial score (nSPS) is 15.5. The summed E-state index contributed by atoms with van der Waals surface area (Å²) in [5.41, 5.74) is 3.06. The highest BCUT2D eigenvalue weighted by atomic mass is 32.2. The number of nitrogens with zero attached hydrogens (tertiary/aromatic N) is 3. The van der Waals surface area contributed by atoms with Crippen LogP contribution in [0.4, 0.5) is 5.69 Å². The van der Waals surface area contributed by atoms with Crippen molar-refractivity contribution < 1.29 is 4.79 Å². The molecule has 5 nitrogen and oxygen atoms in total. The molecule has 1 aromatic carbocycles. The van der Waals surface area contributed by atoms with Crippen LogP contribution in [0.1, 0.15) is 42.8 Å². The van der Waals surface area contributed by atoms with Gasteiger partial charge >= 0.3 is 0 Å². The van der Waals surface area contributed by atoms with Crippen molar-refractivity contribution in [2.45, 2.75) is 57.0 Å². The van der Waals surface area contributed by atoms with Crippen LogP contribution in [-0.2, 0) is 4.79 Å². The van der Waals surface area contributed by atoms with Gasteiger partial charge < -0.3 is 9.88 Å². The van der Waals surface area contributed by atoms with Crippen molar-refractivity contribution in [1.82, 2.24) is 14.8 Å². The highest BCUT2D eigenvalue weighted by molar-refractivity contribution is 8.00. The number of aryl methyl sites for hydroxylation is 3. The smallest absolute Gasteiger partial charge is 0.237 e. The largest absolute Gasteiger partial charge is 0.325 e. The molecule has 2 aromatic rings. The Morgan fingerprint density at radius 1 is 1.26 bits per heavy atom. The van der Waals surface area contributed by atoms with Crippen molar-refractivity contribution in [3.05, 3.63) is 35.2 Å². The third-order valence-corrected chi connectivity index (χ3v) is 5.18. The second-order valence-electron chi connectivity index (χ2n) is 6.15. The van der Waals surface area contributed by atoms with Crippen LogP contribution in [0.25, 0.3) is 0 Å². The number of nitrogens with one attached hydrogen (secondary N) is 1. The Labute approximate surface area is 140 Å². The molecule has 1 saturated carbocycles. The number of anilines is 1. The number of rotatable bonds is 5. The predicted molar refractivity (Wildman–Crippen MR) is 92.9 cm³/mol. The third kappa shape index (κ3) is 3.42. The Kier molecular flexibility index (Phi) is 4.43. The second kappa shape index (κ2) is 6.35. The van der Waals surface area contributed by atoms with E-state index in [2.05, 4.69) is 20.1 Å². The molecular formula is C17H22N4OS. The van der Waals surface area contributed by atoms with Crippen LogP contribution < -0.4 is 5.32 Å². The molecule has 0 unspecified atom stereocenters. The highest BCUT2D eigenvalue weighted by Gasteiger charge is 2.29. The molecule has 0 spiro atoms. The number of hydrogen-bond acceptors (Lipinski definition) is 4. The summed E-state index contributed by atoms with van der Waals surface area (Å²) in [6, 6.07) is 6.53. The minimum absolute atomic E-state index is 0.00426. The number of carbonyl (C=O) groups is 1. The topological polar surface area (TPSA) is 59.8 Å². The van der Waals surface area contributed by atoms with Crippen LogP contribution in [0.3, 0.4) is 0 Å². The number of benzene rings is 1. The number of thioether (sulfide) groups is 1. The Balaban J connectivity index is 1.71. The van der Waals surface area contributed by atoms with E-state index in [9.17, 15) is 4.79 Å².